The number of benzene rings is 1. The number of rotatable bonds is 7. The first-order chi connectivity index (χ1) is 12.7. The molecule has 6 nitrogen and oxygen atoms in total. The van der Waals surface area contributed by atoms with Gasteiger partial charge in [0, 0.05) is 19.2 Å². The Bertz CT molecular complexity index is 565. The van der Waals surface area contributed by atoms with Crippen LogP contribution in [0.2, 0.25) is 0 Å². The van der Waals surface area contributed by atoms with Crippen LogP contribution in [0, 0.1) is 16.0 Å². The first-order valence-electron chi connectivity index (χ1n) is 10.0. The van der Waals surface area contributed by atoms with Crippen LogP contribution in [0.5, 0.6) is 5.75 Å². The van der Waals surface area contributed by atoms with Gasteiger partial charge in [0.05, 0.1) is 4.92 Å². The summed E-state index contributed by atoms with van der Waals surface area (Å²) in [7, 11) is 0. The fraction of sp³-hybridized carbons (Fsp3) is 0.700. The molecule has 2 aliphatic heterocycles. The van der Waals surface area contributed by atoms with Gasteiger partial charge in [-0.3, -0.25) is 15.0 Å². The average molecular weight is 361 g/mol. The SMILES string of the molecule is O=[N+]([O-])c1ccccc1OCCN1CCC(CN2CCCCCC2)CC1. The maximum atomic E-state index is 11.0. The van der Waals surface area contributed by atoms with E-state index in [1.54, 1.807) is 18.2 Å². The molecule has 3 rings (SSSR count). The molecular weight excluding hydrogens is 330 g/mol. The lowest BCUT2D eigenvalue weighted by Gasteiger charge is -2.34. The Labute approximate surface area is 156 Å². The van der Waals surface area contributed by atoms with E-state index in [1.807, 2.05) is 0 Å². The normalized spacial score (nSPS) is 20.6. The van der Waals surface area contributed by atoms with Crippen LogP contribution in [-0.4, -0.2) is 60.6 Å². The zero-order chi connectivity index (χ0) is 18.2. The number of piperidine rings is 1. The van der Waals surface area contributed by atoms with Crippen molar-refractivity contribution in [1.82, 2.24) is 9.80 Å². The summed E-state index contributed by atoms with van der Waals surface area (Å²) in [4.78, 5) is 15.7. The molecule has 2 saturated heterocycles. The Morgan fingerprint density at radius 3 is 2.38 bits per heavy atom. The van der Waals surface area contributed by atoms with Gasteiger partial charge < -0.3 is 9.64 Å². The fourth-order valence-corrected chi connectivity index (χ4v) is 4.09. The largest absolute Gasteiger partial charge is 0.485 e. The topological polar surface area (TPSA) is 58.9 Å². The van der Waals surface area contributed by atoms with Gasteiger partial charge in [0.25, 0.3) is 0 Å². The monoisotopic (exact) mass is 361 g/mol. The molecule has 0 saturated carbocycles. The van der Waals surface area contributed by atoms with E-state index in [0.717, 1.165) is 25.6 Å². The molecule has 0 N–H and O–H groups in total. The van der Waals surface area contributed by atoms with Crippen molar-refractivity contribution >= 4 is 5.69 Å². The number of nitrogens with zero attached hydrogens (tertiary/aromatic N) is 3. The van der Waals surface area contributed by atoms with Crippen molar-refractivity contribution in [2.45, 2.75) is 38.5 Å². The Morgan fingerprint density at radius 2 is 1.69 bits per heavy atom. The third kappa shape index (κ3) is 5.68. The molecule has 6 heteroatoms. The smallest absolute Gasteiger partial charge is 0.310 e. The van der Waals surface area contributed by atoms with Crippen LogP contribution in [0.3, 0.4) is 0 Å². The lowest BCUT2D eigenvalue weighted by Crippen LogP contribution is -2.40. The molecule has 2 fully saturated rings. The summed E-state index contributed by atoms with van der Waals surface area (Å²) in [6.45, 7) is 7.38. The first kappa shape index (κ1) is 19.1. The van der Waals surface area contributed by atoms with Gasteiger partial charge in [-0.1, -0.05) is 25.0 Å². The van der Waals surface area contributed by atoms with Gasteiger partial charge in [-0.15, -0.1) is 0 Å². The third-order valence-electron chi connectivity index (χ3n) is 5.65. The summed E-state index contributed by atoms with van der Waals surface area (Å²) < 4.78 is 5.67. The standard InChI is InChI=1S/C20H31N3O3/c24-23(25)19-7-3-4-8-20(19)26-16-15-21-13-9-18(10-14-21)17-22-11-5-1-2-6-12-22/h3-4,7-8,18H,1-2,5-6,9-17H2. The number of ether oxygens (including phenoxy) is 1. The predicted molar refractivity (Wildman–Crippen MR) is 103 cm³/mol. The van der Waals surface area contributed by atoms with Crippen molar-refractivity contribution in [1.29, 1.82) is 0 Å². The first-order valence-corrected chi connectivity index (χ1v) is 10.0. The summed E-state index contributed by atoms with van der Waals surface area (Å²) in [5, 5.41) is 11.0. The molecule has 2 aliphatic rings. The number of nitro benzene ring substituents is 1. The van der Waals surface area contributed by atoms with Gasteiger partial charge in [0.1, 0.15) is 6.61 Å². The molecule has 0 unspecified atom stereocenters. The van der Waals surface area contributed by atoms with E-state index >= 15 is 0 Å². The molecule has 26 heavy (non-hydrogen) atoms. The van der Waals surface area contributed by atoms with Crippen LogP contribution < -0.4 is 4.74 Å². The van der Waals surface area contributed by atoms with Crippen molar-refractivity contribution in [3.63, 3.8) is 0 Å². The summed E-state index contributed by atoms with van der Waals surface area (Å²) >= 11 is 0. The minimum atomic E-state index is -0.385. The average Bonchev–Trinajstić information content (AvgIpc) is 2.92. The van der Waals surface area contributed by atoms with Crippen molar-refractivity contribution in [2.75, 3.05) is 45.9 Å². The number of likely N-dealkylation sites (tertiary alicyclic amines) is 2. The van der Waals surface area contributed by atoms with Gasteiger partial charge in [-0.05, 0) is 63.8 Å². The van der Waals surface area contributed by atoms with Crippen LogP contribution in [-0.2, 0) is 0 Å². The van der Waals surface area contributed by atoms with E-state index in [-0.39, 0.29) is 10.6 Å². The van der Waals surface area contributed by atoms with Crippen LogP contribution in [0.4, 0.5) is 5.69 Å². The van der Waals surface area contributed by atoms with Crippen LogP contribution in [0.15, 0.2) is 24.3 Å². The molecule has 0 radical (unpaired) electrons. The fourth-order valence-electron chi connectivity index (χ4n) is 4.09. The number of hydrogen-bond donors (Lipinski definition) is 0. The Kier molecular flexibility index (Phi) is 7.26. The highest BCUT2D eigenvalue weighted by atomic mass is 16.6. The number of nitro groups is 1. The highest BCUT2D eigenvalue weighted by Crippen LogP contribution is 2.26. The van der Waals surface area contributed by atoms with Crippen molar-refractivity contribution < 1.29 is 9.66 Å². The van der Waals surface area contributed by atoms with Crippen molar-refractivity contribution in [3.05, 3.63) is 34.4 Å². The minimum absolute atomic E-state index is 0.0451. The minimum Gasteiger partial charge on any atom is -0.485 e. The second-order valence-electron chi connectivity index (χ2n) is 7.57. The number of para-hydroxylation sites is 2. The lowest BCUT2D eigenvalue weighted by atomic mass is 9.96. The third-order valence-corrected chi connectivity index (χ3v) is 5.65. The molecule has 2 heterocycles. The summed E-state index contributed by atoms with van der Waals surface area (Å²) in [5.74, 6) is 1.19. The molecule has 0 bridgehead atoms. The van der Waals surface area contributed by atoms with Gasteiger partial charge in [-0.2, -0.15) is 0 Å². The van der Waals surface area contributed by atoms with E-state index in [0.29, 0.717) is 12.4 Å². The van der Waals surface area contributed by atoms with Gasteiger partial charge in [-0.25, -0.2) is 0 Å². The predicted octanol–water partition coefficient (Wildman–Crippen LogP) is 3.56. The Hall–Kier alpha value is -1.66. The van der Waals surface area contributed by atoms with E-state index in [4.69, 9.17) is 4.74 Å². The second kappa shape index (κ2) is 9.88. The van der Waals surface area contributed by atoms with Gasteiger partial charge >= 0.3 is 5.69 Å². The van der Waals surface area contributed by atoms with Gasteiger partial charge in [0.15, 0.2) is 5.75 Å². The van der Waals surface area contributed by atoms with Crippen molar-refractivity contribution in [3.8, 4) is 5.75 Å². The Morgan fingerprint density at radius 1 is 1.00 bits per heavy atom. The van der Waals surface area contributed by atoms with E-state index in [2.05, 4.69) is 9.80 Å². The highest BCUT2D eigenvalue weighted by Gasteiger charge is 2.22. The zero-order valence-corrected chi connectivity index (χ0v) is 15.6. The molecule has 0 spiro atoms. The quantitative estimate of drug-likeness (QED) is 0.549. The molecule has 0 aliphatic carbocycles. The molecule has 0 atom stereocenters. The zero-order valence-electron chi connectivity index (χ0n) is 15.6. The molecule has 144 valence electrons. The molecule has 0 amide bonds. The van der Waals surface area contributed by atoms with Crippen molar-refractivity contribution in [2.24, 2.45) is 5.92 Å². The summed E-state index contributed by atoms with van der Waals surface area (Å²) in [6.07, 6.45) is 8.02. The van der Waals surface area contributed by atoms with E-state index < -0.39 is 0 Å². The molecular formula is C20H31N3O3. The van der Waals surface area contributed by atoms with Crippen LogP contribution in [0.1, 0.15) is 38.5 Å². The molecule has 0 aromatic heterocycles. The Balaban J connectivity index is 1.36. The molecule has 1 aromatic rings. The maximum absolute atomic E-state index is 11.0. The highest BCUT2D eigenvalue weighted by molar-refractivity contribution is 5.45. The summed E-state index contributed by atoms with van der Waals surface area (Å²) in [6, 6.07) is 6.60. The van der Waals surface area contributed by atoms with Crippen LogP contribution >= 0.6 is 0 Å². The lowest BCUT2D eigenvalue weighted by molar-refractivity contribution is -0.385. The van der Waals surface area contributed by atoms with Crippen LogP contribution in [0.25, 0.3) is 0 Å². The van der Waals surface area contributed by atoms with Gasteiger partial charge in [0.2, 0.25) is 0 Å². The summed E-state index contributed by atoms with van der Waals surface area (Å²) in [5.41, 5.74) is 0.0451. The second-order valence-corrected chi connectivity index (χ2v) is 7.57. The molecule has 1 aromatic carbocycles. The van der Waals surface area contributed by atoms with E-state index in [9.17, 15) is 10.1 Å². The number of hydrogen-bond acceptors (Lipinski definition) is 5. The van der Waals surface area contributed by atoms with E-state index in [1.165, 1.54) is 64.2 Å². The maximum Gasteiger partial charge on any atom is 0.310 e.